The van der Waals surface area contributed by atoms with Crippen molar-refractivity contribution >= 4 is 15.8 Å². The first-order valence-electron chi connectivity index (χ1n) is 7.04. The van der Waals surface area contributed by atoms with Crippen LogP contribution in [0.2, 0.25) is 0 Å². The van der Waals surface area contributed by atoms with Crippen LogP contribution in [0.3, 0.4) is 0 Å². The van der Waals surface area contributed by atoms with Crippen LogP contribution < -0.4 is 15.4 Å². The Morgan fingerprint density at radius 2 is 2.15 bits per heavy atom. The molecule has 2 saturated heterocycles. The highest BCUT2D eigenvalue weighted by Gasteiger charge is 2.33. The van der Waals surface area contributed by atoms with Crippen LogP contribution in [0.15, 0.2) is 23.2 Å². The summed E-state index contributed by atoms with van der Waals surface area (Å²) in [6.45, 7) is 2.07. The van der Waals surface area contributed by atoms with Gasteiger partial charge in [0, 0.05) is 24.8 Å². The summed E-state index contributed by atoms with van der Waals surface area (Å²) in [5.41, 5.74) is 0. The zero-order valence-corrected chi connectivity index (χ0v) is 12.1. The standard InChI is InChI=1S/C13H20N4O2S/c14-20(18,19)10-5-6-13(16-9-10)17-8-2-4-12(17)11-3-1-7-15-11/h5-6,9,11-12,15H,1-4,7-8H2,(H2,14,18,19). The SMILES string of the molecule is NS(=O)(=O)c1ccc(N2CCCC2C2CCCN2)nc1. The normalized spacial score (nSPS) is 27.1. The molecule has 3 rings (SSSR count). The van der Waals surface area contributed by atoms with E-state index in [4.69, 9.17) is 5.14 Å². The summed E-state index contributed by atoms with van der Waals surface area (Å²) in [6, 6.07) is 4.28. The second kappa shape index (κ2) is 5.31. The van der Waals surface area contributed by atoms with E-state index in [1.807, 2.05) is 0 Å². The Hall–Kier alpha value is -1.18. The van der Waals surface area contributed by atoms with Crippen LogP contribution in [0.5, 0.6) is 0 Å². The topological polar surface area (TPSA) is 88.3 Å². The van der Waals surface area contributed by atoms with Crippen molar-refractivity contribution in [3.8, 4) is 0 Å². The summed E-state index contributed by atoms with van der Waals surface area (Å²) >= 11 is 0. The van der Waals surface area contributed by atoms with Gasteiger partial charge in [-0.05, 0) is 44.4 Å². The Balaban J connectivity index is 1.81. The fourth-order valence-electron chi connectivity index (χ4n) is 3.25. The molecule has 2 unspecified atom stereocenters. The molecule has 0 bridgehead atoms. The van der Waals surface area contributed by atoms with Gasteiger partial charge in [0.2, 0.25) is 10.0 Å². The molecule has 7 heteroatoms. The molecular formula is C13H20N4O2S. The molecule has 2 aliphatic heterocycles. The molecular weight excluding hydrogens is 276 g/mol. The Morgan fingerprint density at radius 3 is 2.75 bits per heavy atom. The maximum Gasteiger partial charge on any atom is 0.239 e. The lowest BCUT2D eigenvalue weighted by molar-refractivity contribution is 0.481. The van der Waals surface area contributed by atoms with E-state index in [0.717, 1.165) is 31.7 Å². The molecule has 0 saturated carbocycles. The van der Waals surface area contributed by atoms with Crippen molar-refractivity contribution < 1.29 is 8.42 Å². The van der Waals surface area contributed by atoms with Crippen LogP contribution in [-0.2, 0) is 10.0 Å². The molecule has 6 nitrogen and oxygen atoms in total. The zero-order chi connectivity index (χ0) is 14.2. The van der Waals surface area contributed by atoms with Crippen LogP contribution in [0.1, 0.15) is 25.7 Å². The summed E-state index contributed by atoms with van der Waals surface area (Å²) in [5.74, 6) is 0.841. The number of hydrogen-bond donors (Lipinski definition) is 2. The van der Waals surface area contributed by atoms with Gasteiger partial charge >= 0.3 is 0 Å². The quantitative estimate of drug-likeness (QED) is 0.845. The molecule has 0 radical (unpaired) electrons. The van der Waals surface area contributed by atoms with Crippen molar-refractivity contribution in [1.82, 2.24) is 10.3 Å². The Labute approximate surface area is 119 Å². The lowest BCUT2D eigenvalue weighted by Crippen LogP contribution is -2.44. The summed E-state index contributed by atoms with van der Waals surface area (Å²) in [7, 11) is -3.67. The molecule has 110 valence electrons. The third kappa shape index (κ3) is 2.65. The molecule has 1 aromatic heterocycles. The van der Waals surface area contributed by atoms with Crippen LogP contribution in [0.4, 0.5) is 5.82 Å². The van der Waals surface area contributed by atoms with Crippen LogP contribution >= 0.6 is 0 Å². The maximum atomic E-state index is 11.3. The first kappa shape index (κ1) is 13.8. The third-order valence-corrected chi connectivity index (χ3v) is 5.10. The van der Waals surface area contributed by atoms with Gasteiger partial charge in [0.25, 0.3) is 0 Å². The second-order valence-electron chi connectivity index (χ2n) is 5.50. The summed E-state index contributed by atoms with van der Waals surface area (Å²) < 4.78 is 22.5. The van der Waals surface area contributed by atoms with Gasteiger partial charge in [-0.25, -0.2) is 18.5 Å². The van der Waals surface area contributed by atoms with Crippen molar-refractivity contribution in [3.05, 3.63) is 18.3 Å². The monoisotopic (exact) mass is 296 g/mol. The number of primary sulfonamides is 1. The van der Waals surface area contributed by atoms with Gasteiger partial charge in [-0.2, -0.15) is 0 Å². The minimum Gasteiger partial charge on any atom is -0.352 e. The molecule has 1 aromatic rings. The van der Waals surface area contributed by atoms with Crippen molar-refractivity contribution in [2.75, 3.05) is 18.0 Å². The van der Waals surface area contributed by atoms with E-state index in [9.17, 15) is 8.42 Å². The number of nitrogens with zero attached hydrogens (tertiary/aromatic N) is 2. The summed E-state index contributed by atoms with van der Waals surface area (Å²) in [4.78, 5) is 6.64. The smallest absolute Gasteiger partial charge is 0.239 e. The summed E-state index contributed by atoms with van der Waals surface area (Å²) in [6.07, 6.45) is 6.10. The maximum absolute atomic E-state index is 11.3. The minimum absolute atomic E-state index is 0.0657. The lowest BCUT2D eigenvalue weighted by atomic mass is 10.0. The molecule has 2 fully saturated rings. The van der Waals surface area contributed by atoms with E-state index in [1.54, 1.807) is 6.07 Å². The first-order valence-corrected chi connectivity index (χ1v) is 8.59. The molecule has 20 heavy (non-hydrogen) atoms. The van der Waals surface area contributed by atoms with Crippen molar-refractivity contribution in [2.45, 2.75) is 42.7 Å². The summed E-state index contributed by atoms with van der Waals surface area (Å²) in [5, 5.41) is 8.64. The van der Waals surface area contributed by atoms with Crippen molar-refractivity contribution in [2.24, 2.45) is 5.14 Å². The second-order valence-corrected chi connectivity index (χ2v) is 7.06. The highest BCUT2D eigenvalue weighted by atomic mass is 32.2. The Kier molecular flexibility index (Phi) is 3.66. The number of nitrogens with one attached hydrogen (secondary N) is 1. The number of hydrogen-bond acceptors (Lipinski definition) is 5. The molecule has 0 amide bonds. The van der Waals surface area contributed by atoms with Gasteiger partial charge in [0.15, 0.2) is 0 Å². The molecule has 3 heterocycles. The van der Waals surface area contributed by atoms with Gasteiger partial charge in [-0.1, -0.05) is 0 Å². The minimum atomic E-state index is -3.67. The highest BCUT2D eigenvalue weighted by molar-refractivity contribution is 7.89. The zero-order valence-electron chi connectivity index (χ0n) is 11.3. The van der Waals surface area contributed by atoms with Crippen molar-refractivity contribution in [3.63, 3.8) is 0 Å². The van der Waals surface area contributed by atoms with Gasteiger partial charge in [0.05, 0.1) is 0 Å². The van der Waals surface area contributed by atoms with E-state index in [0.29, 0.717) is 12.1 Å². The number of nitrogens with two attached hydrogens (primary N) is 1. The molecule has 0 aliphatic carbocycles. The third-order valence-electron chi connectivity index (χ3n) is 4.21. The number of sulfonamides is 1. The van der Waals surface area contributed by atoms with Gasteiger partial charge in [-0.15, -0.1) is 0 Å². The van der Waals surface area contributed by atoms with E-state index < -0.39 is 10.0 Å². The Morgan fingerprint density at radius 1 is 1.30 bits per heavy atom. The van der Waals surface area contributed by atoms with Gasteiger partial charge in [0.1, 0.15) is 10.7 Å². The number of rotatable bonds is 3. The largest absolute Gasteiger partial charge is 0.352 e. The molecule has 0 aromatic carbocycles. The van der Waals surface area contributed by atoms with Gasteiger partial charge in [-0.3, -0.25) is 0 Å². The number of aromatic nitrogens is 1. The van der Waals surface area contributed by atoms with E-state index in [-0.39, 0.29) is 4.90 Å². The lowest BCUT2D eigenvalue weighted by Gasteiger charge is -2.30. The predicted octanol–water partition coefficient (Wildman–Crippen LogP) is 0.450. The number of pyridine rings is 1. The van der Waals surface area contributed by atoms with Crippen LogP contribution in [0, 0.1) is 0 Å². The fourth-order valence-corrected chi connectivity index (χ4v) is 3.70. The Bertz CT molecular complexity index is 567. The first-order chi connectivity index (χ1) is 9.55. The number of anilines is 1. The fraction of sp³-hybridized carbons (Fsp3) is 0.615. The van der Waals surface area contributed by atoms with E-state index in [2.05, 4.69) is 15.2 Å². The van der Waals surface area contributed by atoms with Crippen LogP contribution in [0.25, 0.3) is 0 Å². The molecule has 0 spiro atoms. The highest BCUT2D eigenvalue weighted by Crippen LogP contribution is 2.29. The molecule has 2 aliphatic rings. The molecule has 2 atom stereocenters. The van der Waals surface area contributed by atoms with Crippen molar-refractivity contribution in [1.29, 1.82) is 0 Å². The molecule has 3 N–H and O–H groups in total. The van der Waals surface area contributed by atoms with E-state index >= 15 is 0 Å². The predicted molar refractivity (Wildman–Crippen MR) is 77.0 cm³/mol. The van der Waals surface area contributed by atoms with Gasteiger partial charge < -0.3 is 10.2 Å². The van der Waals surface area contributed by atoms with Crippen LogP contribution in [-0.4, -0.2) is 38.6 Å². The average Bonchev–Trinajstić information content (AvgIpc) is 3.08. The van der Waals surface area contributed by atoms with E-state index in [1.165, 1.54) is 25.1 Å². The average molecular weight is 296 g/mol.